The van der Waals surface area contributed by atoms with Crippen molar-refractivity contribution in [2.45, 2.75) is 43.6 Å². The number of rotatable bonds is 5. The third-order valence-corrected chi connectivity index (χ3v) is 5.63. The van der Waals surface area contributed by atoms with Gasteiger partial charge in [0.05, 0.1) is 19.3 Å². The van der Waals surface area contributed by atoms with Gasteiger partial charge in [0.25, 0.3) is 0 Å². The highest BCUT2D eigenvalue weighted by Crippen LogP contribution is 2.36. The van der Waals surface area contributed by atoms with Crippen LogP contribution in [0.15, 0.2) is 17.5 Å². The van der Waals surface area contributed by atoms with Crippen LogP contribution in [0.25, 0.3) is 0 Å². The first-order chi connectivity index (χ1) is 10.2. The summed E-state index contributed by atoms with van der Waals surface area (Å²) in [7, 11) is 4.31. The Balaban J connectivity index is 1.49. The average Bonchev–Trinajstić information content (AvgIpc) is 3.13. The van der Waals surface area contributed by atoms with Crippen molar-refractivity contribution in [3.63, 3.8) is 0 Å². The zero-order chi connectivity index (χ0) is 14.7. The van der Waals surface area contributed by atoms with Gasteiger partial charge in [0, 0.05) is 30.3 Å². The van der Waals surface area contributed by atoms with Crippen molar-refractivity contribution in [2.24, 2.45) is 0 Å². The summed E-state index contributed by atoms with van der Waals surface area (Å²) < 4.78 is 11.6. The van der Waals surface area contributed by atoms with Crippen LogP contribution in [0, 0.1) is 0 Å². The molecule has 0 radical (unpaired) electrons. The van der Waals surface area contributed by atoms with Gasteiger partial charge >= 0.3 is 0 Å². The Labute approximate surface area is 131 Å². The van der Waals surface area contributed by atoms with Crippen molar-refractivity contribution < 1.29 is 9.47 Å². The normalized spacial score (nSPS) is 24.0. The fourth-order valence-corrected chi connectivity index (χ4v) is 4.27. The molecular weight excluding hydrogens is 284 g/mol. The van der Waals surface area contributed by atoms with Crippen LogP contribution in [0.4, 0.5) is 0 Å². The summed E-state index contributed by atoms with van der Waals surface area (Å²) in [5.41, 5.74) is 0. The first-order valence-electron chi connectivity index (χ1n) is 7.90. The second kappa shape index (κ2) is 6.75. The number of likely N-dealkylation sites (N-methyl/N-ethyl adjacent to an activating group) is 1. The molecule has 5 heteroatoms. The SMILES string of the molecule is CN(C)C(CNC1CCC2(CC1)OCCO2)c1cccs1. The fourth-order valence-electron chi connectivity index (χ4n) is 3.34. The van der Waals surface area contributed by atoms with Crippen LogP contribution in [0.1, 0.15) is 36.6 Å². The van der Waals surface area contributed by atoms with E-state index in [4.69, 9.17) is 9.47 Å². The molecule has 1 atom stereocenters. The molecule has 1 aliphatic heterocycles. The van der Waals surface area contributed by atoms with E-state index in [0.717, 1.165) is 45.4 Å². The summed E-state index contributed by atoms with van der Waals surface area (Å²) in [6.45, 7) is 2.53. The lowest BCUT2D eigenvalue weighted by atomic mass is 9.90. The van der Waals surface area contributed by atoms with Crippen molar-refractivity contribution in [2.75, 3.05) is 33.9 Å². The van der Waals surface area contributed by atoms with Gasteiger partial charge in [-0.05, 0) is 38.4 Å². The van der Waals surface area contributed by atoms with Gasteiger partial charge in [-0.1, -0.05) is 6.07 Å². The third-order valence-electron chi connectivity index (χ3n) is 4.66. The highest BCUT2D eigenvalue weighted by atomic mass is 32.1. The summed E-state index contributed by atoms with van der Waals surface area (Å²) in [6.07, 6.45) is 4.34. The van der Waals surface area contributed by atoms with Crippen molar-refractivity contribution in [1.29, 1.82) is 0 Å². The van der Waals surface area contributed by atoms with Crippen LogP contribution in [0.3, 0.4) is 0 Å². The van der Waals surface area contributed by atoms with Gasteiger partial charge in [-0.15, -0.1) is 11.3 Å². The second-order valence-electron chi connectivity index (χ2n) is 6.28. The molecular formula is C16H26N2O2S. The predicted molar refractivity (Wildman–Crippen MR) is 85.6 cm³/mol. The van der Waals surface area contributed by atoms with Crippen molar-refractivity contribution in [1.82, 2.24) is 10.2 Å². The topological polar surface area (TPSA) is 33.7 Å². The van der Waals surface area contributed by atoms with Gasteiger partial charge in [0.1, 0.15) is 0 Å². The van der Waals surface area contributed by atoms with Gasteiger partial charge < -0.3 is 19.7 Å². The molecule has 21 heavy (non-hydrogen) atoms. The highest BCUT2D eigenvalue weighted by Gasteiger charge is 2.40. The van der Waals surface area contributed by atoms with E-state index in [1.54, 1.807) is 0 Å². The van der Waals surface area contributed by atoms with Crippen LogP contribution in [-0.4, -0.2) is 50.6 Å². The number of ether oxygens (including phenoxy) is 2. The summed E-state index contributed by atoms with van der Waals surface area (Å²) in [5.74, 6) is -0.243. The summed E-state index contributed by atoms with van der Waals surface area (Å²) in [4.78, 5) is 3.73. The van der Waals surface area contributed by atoms with Crippen LogP contribution < -0.4 is 5.32 Å². The Morgan fingerprint density at radius 2 is 2.05 bits per heavy atom. The third kappa shape index (κ3) is 3.66. The molecule has 1 aromatic heterocycles. The smallest absolute Gasteiger partial charge is 0.168 e. The van der Waals surface area contributed by atoms with Crippen molar-refractivity contribution in [3.05, 3.63) is 22.4 Å². The van der Waals surface area contributed by atoms with Crippen LogP contribution in [-0.2, 0) is 9.47 Å². The maximum Gasteiger partial charge on any atom is 0.168 e. The Bertz CT molecular complexity index is 419. The van der Waals surface area contributed by atoms with E-state index in [2.05, 4.69) is 41.8 Å². The molecule has 2 aliphatic rings. The molecule has 2 heterocycles. The molecule has 1 unspecified atom stereocenters. The molecule has 1 saturated carbocycles. The number of hydrogen-bond donors (Lipinski definition) is 1. The molecule has 1 spiro atoms. The Hall–Kier alpha value is -0.460. The monoisotopic (exact) mass is 310 g/mol. The molecule has 0 amide bonds. The van der Waals surface area contributed by atoms with Gasteiger partial charge in [0.2, 0.25) is 0 Å². The highest BCUT2D eigenvalue weighted by molar-refractivity contribution is 7.10. The van der Waals surface area contributed by atoms with Crippen molar-refractivity contribution >= 4 is 11.3 Å². The average molecular weight is 310 g/mol. The second-order valence-corrected chi connectivity index (χ2v) is 7.26. The molecule has 1 aromatic rings. The Morgan fingerprint density at radius 1 is 1.33 bits per heavy atom. The van der Waals surface area contributed by atoms with E-state index in [1.165, 1.54) is 4.88 Å². The zero-order valence-electron chi connectivity index (χ0n) is 13.0. The quantitative estimate of drug-likeness (QED) is 0.906. The van der Waals surface area contributed by atoms with Gasteiger partial charge in [-0.3, -0.25) is 0 Å². The number of nitrogens with zero attached hydrogens (tertiary/aromatic N) is 1. The van der Waals surface area contributed by atoms with Gasteiger partial charge in [-0.2, -0.15) is 0 Å². The minimum atomic E-state index is -0.243. The van der Waals surface area contributed by atoms with Gasteiger partial charge in [0.15, 0.2) is 5.79 Å². The molecule has 1 saturated heterocycles. The summed E-state index contributed by atoms with van der Waals surface area (Å²) in [6, 6.07) is 5.41. The molecule has 2 fully saturated rings. The standard InChI is InChI=1S/C16H26N2O2S/c1-18(2)14(15-4-3-11-21-15)12-17-13-5-7-16(8-6-13)19-9-10-20-16/h3-4,11,13-14,17H,5-10,12H2,1-2H3. The number of nitrogens with one attached hydrogen (secondary N) is 1. The van der Waals surface area contributed by atoms with Gasteiger partial charge in [-0.25, -0.2) is 0 Å². The lowest BCUT2D eigenvalue weighted by molar-refractivity contribution is -0.179. The predicted octanol–water partition coefficient (Wildman–Crippen LogP) is 2.63. The molecule has 118 valence electrons. The van der Waals surface area contributed by atoms with E-state index >= 15 is 0 Å². The largest absolute Gasteiger partial charge is 0.348 e. The molecule has 1 aliphatic carbocycles. The van der Waals surface area contributed by atoms with E-state index in [-0.39, 0.29) is 5.79 Å². The first-order valence-corrected chi connectivity index (χ1v) is 8.78. The first kappa shape index (κ1) is 15.4. The van der Waals surface area contributed by atoms with E-state index in [1.807, 2.05) is 11.3 Å². The molecule has 4 nitrogen and oxygen atoms in total. The van der Waals surface area contributed by atoms with E-state index < -0.39 is 0 Å². The van der Waals surface area contributed by atoms with Crippen LogP contribution >= 0.6 is 11.3 Å². The minimum Gasteiger partial charge on any atom is -0.348 e. The summed E-state index contributed by atoms with van der Waals surface area (Å²) >= 11 is 1.84. The number of thiophene rings is 1. The van der Waals surface area contributed by atoms with E-state index in [9.17, 15) is 0 Å². The lowest BCUT2D eigenvalue weighted by Gasteiger charge is -2.36. The summed E-state index contributed by atoms with van der Waals surface area (Å²) in [5, 5.41) is 5.91. The Morgan fingerprint density at radius 3 is 2.62 bits per heavy atom. The fraction of sp³-hybridized carbons (Fsp3) is 0.750. The maximum atomic E-state index is 5.80. The maximum absolute atomic E-state index is 5.80. The number of hydrogen-bond acceptors (Lipinski definition) is 5. The van der Waals surface area contributed by atoms with E-state index in [0.29, 0.717) is 12.1 Å². The van der Waals surface area contributed by atoms with Crippen LogP contribution in [0.5, 0.6) is 0 Å². The molecule has 0 bridgehead atoms. The molecule has 3 rings (SSSR count). The molecule has 0 aromatic carbocycles. The zero-order valence-corrected chi connectivity index (χ0v) is 13.8. The Kier molecular flexibility index (Phi) is 4.96. The van der Waals surface area contributed by atoms with Crippen molar-refractivity contribution in [3.8, 4) is 0 Å². The molecule has 1 N–H and O–H groups in total. The lowest BCUT2D eigenvalue weighted by Crippen LogP contribution is -2.44. The van der Waals surface area contributed by atoms with Crippen LogP contribution in [0.2, 0.25) is 0 Å². The minimum absolute atomic E-state index is 0.243.